The SMILES string of the molecule is C[C@]12CC[C@H](O)C=C1CC[C@@H]1[C@@H]2CC[C@@]2(C)[C@H]1CC[C@]2(C)O. The van der Waals surface area contributed by atoms with E-state index in [9.17, 15) is 10.2 Å². The second-order valence-corrected chi connectivity index (χ2v) is 9.40. The van der Waals surface area contributed by atoms with E-state index in [0.717, 1.165) is 31.1 Å². The van der Waals surface area contributed by atoms with Gasteiger partial charge >= 0.3 is 0 Å². The summed E-state index contributed by atoms with van der Waals surface area (Å²) in [5, 5.41) is 20.9. The van der Waals surface area contributed by atoms with Crippen LogP contribution in [0.2, 0.25) is 0 Å². The number of aliphatic hydroxyl groups is 2. The fraction of sp³-hybridized carbons (Fsp3) is 0.900. The van der Waals surface area contributed by atoms with E-state index < -0.39 is 5.60 Å². The zero-order valence-electron chi connectivity index (χ0n) is 14.4. The van der Waals surface area contributed by atoms with Crippen molar-refractivity contribution in [3.63, 3.8) is 0 Å². The number of hydrogen-bond donors (Lipinski definition) is 2. The number of allylic oxidation sites excluding steroid dienone is 1. The first kappa shape index (κ1) is 15.2. The number of hydrogen-bond acceptors (Lipinski definition) is 2. The molecule has 0 aromatic carbocycles. The van der Waals surface area contributed by atoms with Crippen molar-refractivity contribution in [1.29, 1.82) is 0 Å². The summed E-state index contributed by atoms with van der Waals surface area (Å²) in [4.78, 5) is 0. The van der Waals surface area contributed by atoms with Gasteiger partial charge in [0.15, 0.2) is 0 Å². The van der Waals surface area contributed by atoms with E-state index in [4.69, 9.17) is 0 Å². The minimum atomic E-state index is -0.470. The third kappa shape index (κ3) is 1.80. The van der Waals surface area contributed by atoms with Crippen LogP contribution in [0, 0.1) is 28.6 Å². The number of rotatable bonds is 0. The molecule has 0 heterocycles. The van der Waals surface area contributed by atoms with Crippen molar-refractivity contribution in [3.8, 4) is 0 Å². The van der Waals surface area contributed by atoms with Crippen LogP contribution in [0.4, 0.5) is 0 Å². The molecule has 3 fully saturated rings. The first-order valence-corrected chi connectivity index (χ1v) is 9.40. The molecule has 0 radical (unpaired) electrons. The van der Waals surface area contributed by atoms with Gasteiger partial charge in [-0.25, -0.2) is 0 Å². The van der Waals surface area contributed by atoms with Gasteiger partial charge in [0.2, 0.25) is 0 Å². The highest BCUT2D eigenvalue weighted by molar-refractivity contribution is 5.26. The molecular formula is C20H32O2. The molecule has 0 bridgehead atoms. The molecule has 0 aliphatic heterocycles. The Labute approximate surface area is 135 Å². The van der Waals surface area contributed by atoms with Gasteiger partial charge in [-0.2, -0.15) is 0 Å². The lowest BCUT2D eigenvalue weighted by Crippen LogP contribution is -2.54. The Hall–Kier alpha value is -0.340. The van der Waals surface area contributed by atoms with Gasteiger partial charge in [0.05, 0.1) is 11.7 Å². The van der Waals surface area contributed by atoms with Crippen LogP contribution in [-0.2, 0) is 0 Å². The van der Waals surface area contributed by atoms with Crippen molar-refractivity contribution >= 4 is 0 Å². The van der Waals surface area contributed by atoms with Crippen molar-refractivity contribution in [2.24, 2.45) is 28.6 Å². The van der Waals surface area contributed by atoms with Gasteiger partial charge < -0.3 is 10.2 Å². The average molecular weight is 304 g/mol. The predicted molar refractivity (Wildman–Crippen MR) is 88.3 cm³/mol. The Morgan fingerprint density at radius 1 is 0.955 bits per heavy atom. The van der Waals surface area contributed by atoms with E-state index >= 15 is 0 Å². The van der Waals surface area contributed by atoms with Gasteiger partial charge in [0, 0.05) is 0 Å². The molecule has 7 atom stereocenters. The molecule has 124 valence electrons. The molecule has 0 amide bonds. The molecule has 0 aromatic heterocycles. The highest BCUT2D eigenvalue weighted by Crippen LogP contribution is 2.67. The molecule has 22 heavy (non-hydrogen) atoms. The second kappa shape index (κ2) is 4.60. The summed E-state index contributed by atoms with van der Waals surface area (Å²) in [6.07, 6.45) is 11.1. The van der Waals surface area contributed by atoms with Crippen LogP contribution in [0.3, 0.4) is 0 Å². The number of fused-ring (bicyclic) bond motifs is 5. The molecule has 4 aliphatic rings. The minimum Gasteiger partial charge on any atom is -0.390 e. The molecule has 0 saturated heterocycles. The third-order valence-electron chi connectivity index (χ3n) is 8.65. The van der Waals surface area contributed by atoms with E-state index in [0.29, 0.717) is 11.3 Å². The molecule has 4 aliphatic carbocycles. The topological polar surface area (TPSA) is 40.5 Å². The van der Waals surface area contributed by atoms with E-state index in [2.05, 4.69) is 26.8 Å². The zero-order valence-corrected chi connectivity index (χ0v) is 14.4. The maximum Gasteiger partial charge on any atom is 0.0724 e. The Kier molecular flexibility index (Phi) is 3.18. The molecule has 3 saturated carbocycles. The maximum absolute atomic E-state index is 10.9. The molecule has 0 spiro atoms. The lowest BCUT2D eigenvalue weighted by molar-refractivity contribution is -0.118. The van der Waals surface area contributed by atoms with Crippen LogP contribution < -0.4 is 0 Å². The van der Waals surface area contributed by atoms with Gasteiger partial charge in [-0.15, -0.1) is 0 Å². The lowest BCUT2D eigenvalue weighted by Gasteiger charge is -2.59. The molecule has 0 unspecified atom stereocenters. The van der Waals surface area contributed by atoms with E-state index in [1.807, 2.05) is 0 Å². The van der Waals surface area contributed by atoms with Crippen molar-refractivity contribution in [3.05, 3.63) is 11.6 Å². The maximum atomic E-state index is 10.9. The van der Waals surface area contributed by atoms with Crippen molar-refractivity contribution in [2.75, 3.05) is 0 Å². The van der Waals surface area contributed by atoms with Gasteiger partial charge in [-0.1, -0.05) is 25.5 Å². The lowest BCUT2D eigenvalue weighted by atomic mass is 9.46. The minimum absolute atomic E-state index is 0.125. The first-order chi connectivity index (χ1) is 10.3. The second-order valence-electron chi connectivity index (χ2n) is 9.40. The molecule has 0 aromatic rings. The highest BCUT2D eigenvalue weighted by Gasteiger charge is 2.62. The summed E-state index contributed by atoms with van der Waals surface area (Å²) in [6.45, 7) is 6.91. The van der Waals surface area contributed by atoms with Gasteiger partial charge in [-0.05, 0) is 86.9 Å². The van der Waals surface area contributed by atoms with Gasteiger partial charge in [0.25, 0.3) is 0 Å². The average Bonchev–Trinajstić information content (AvgIpc) is 2.70. The monoisotopic (exact) mass is 304 g/mol. The van der Waals surface area contributed by atoms with E-state index in [1.54, 1.807) is 5.57 Å². The molecule has 4 rings (SSSR count). The van der Waals surface area contributed by atoms with E-state index in [-0.39, 0.29) is 11.5 Å². The summed E-state index contributed by atoms with van der Waals surface area (Å²) < 4.78 is 0. The summed E-state index contributed by atoms with van der Waals surface area (Å²) in [5.41, 5.74) is 1.51. The summed E-state index contributed by atoms with van der Waals surface area (Å²) in [6, 6.07) is 0. The fourth-order valence-electron chi connectivity index (χ4n) is 6.95. The Bertz CT molecular complexity index is 508. The molecule has 2 heteroatoms. The van der Waals surface area contributed by atoms with Crippen LogP contribution >= 0.6 is 0 Å². The van der Waals surface area contributed by atoms with Crippen LogP contribution in [0.1, 0.15) is 72.1 Å². The Balaban J connectivity index is 1.68. The Morgan fingerprint density at radius 2 is 1.68 bits per heavy atom. The molecular weight excluding hydrogens is 272 g/mol. The van der Waals surface area contributed by atoms with Crippen LogP contribution in [0.25, 0.3) is 0 Å². The largest absolute Gasteiger partial charge is 0.390 e. The predicted octanol–water partition coefficient (Wildman–Crippen LogP) is 4.06. The summed E-state index contributed by atoms with van der Waals surface area (Å²) in [5.74, 6) is 2.25. The van der Waals surface area contributed by atoms with Crippen molar-refractivity contribution in [1.82, 2.24) is 0 Å². The highest BCUT2D eigenvalue weighted by atomic mass is 16.3. The van der Waals surface area contributed by atoms with Crippen LogP contribution in [0.5, 0.6) is 0 Å². The van der Waals surface area contributed by atoms with Gasteiger partial charge in [0.1, 0.15) is 0 Å². The van der Waals surface area contributed by atoms with Crippen molar-refractivity contribution in [2.45, 2.75) is 83.8 Å². The van der Waals surface area contributed by atoms with Crippen molar-refractivity contribution < 1.29 is 10.2 Å². The molecule has 2 nitrogen and oxygen atoms in total. The quantitative estimate of drug-likeness (QED) is 0.663. The van der Waals surface area contributed by atoms with Crippen LogP contribution in [-0.4, -0.2) is 21.9 Å². The van der Waals surface area contributed by atoms with Gasteiger partial charge in [-0.3, -0.25) is 0 Å². The third-order valence-corrected chi connectivity index (χ3v) is 8.65. The van der Waals surface area contributed by atoms with Crippen LogP contribution in [0.15, 0.2) is 11.6 Å². The zero-order chi connectivity index (χ0) is 15.8. The first-order valence-electron chi connectivity index (χ1n) is 9.40. The normalized spacial score (nSPS) is 57.6. The fourth-order valence-corrected chi connectivity index (χ4v) is 6.95. The summed E-state index contributed by atoms with van der Waals surface area (Å²) >= 11 is 0. The van der Waals surface area contributed by atoms with E-state index in [1.165, 1.54) is 32.1 Å². The summed E-state index contributed by atoms with van der Waals surface area (Å²) in [7, 11) is 0. The smallest absolute Gasteiger partial charge is 0.0724 e. The molecule has 2 N–H and O–H groups in total. The number of aliphatic hydroxyl groups excluding tert-OH is 1. The Morgan fingerprint density at radius 3 is 2.45 bits per heavy atom. The standard InChI is InChI=1S/C20H32O2/c1-18-9-6-14(21)12-13(18)4-5-15-16(18)7-10-19(2)17(15)8-11-20(19,3)22/h12,14-17,21-22H,4-11H2,1-3H3/t14-,15+,16-,17-,18-,19-,20-/m0/s1.